The molecular formula is C27H19BrClN3O3. The third kappa shape index (κ3) is 4.29. The number of carbonyl (C=O) groups is 3. The minimum absolute atomic E-state index is 0.120. The fourth-order valence-corrected chi connectivity index (χ4v) is 4.59. The predicted molar refractivity (Wildman–Crippen MR) is 140 cm³/mol. The van der Waals surface area contributed by atoms with Crippen LogP contribution < -0.4 is 10.2 Å². The summed E-state index contributed by atoms with van der Waals surface area (Å²) in [4.78, 5) is 39.6. The van der Waals surface area contributed by atoms with Gasteiger partial charge in [0.2, 0.25) is 0 Å². The van der Waals surface area contributed by atoms with E-state index in [0.717, 1.165) is 31.4 Å². The first kappa shape index (κ1) is 23.1. The summed E-state index contributed by atoms with van der Waals surface area (Å²) in [6, 6.07) is 19.7. The zero-order chi connectivity index (χ0) is 24.7. The maximum Gasteiger partial charge on any atom is 0.335 e. The Labute approximate surface area is 214 Å². The molecule has 4 aromatic rings. The highest BCUT2D eigenvalue weighted by atomic mass is 79.9. The lowest BCUT2D eigenvalue weighted by molar-refractivity contribution is -0.122. The van der Waals surface area contributed by atoms with Crippen molar-refractivity contribution in [2.75, 3.05) is 4.90 Å². The van der Waals surface area contributed by atoms with Gasteiger partial charge in [-0.3, -0.25) is 14.9 Å². The molecule has 1 aromatic heterocycles. The van der Waals surface area contributed by atoms with Crippen molar-refractivity contribution in [2.45, 2.75) is 13.5 Å². The molecular weight excluding hydrogens is 530 g/mol. The molecule has 0 bridgehead atoms. The van der Waals surface area contributed by atoms with Crippen molar-refractivity contribution in [1.82, 2.24) is 9.88 Å². The van der Waals surface area contributed by atoms with Crippen molar-refractivity contribution in [1.29, 1.82) is 0 Å². The molecule has 8 heteroatoms. The molecule has 0 spiro atoms. The average Bonchev–Trinajstić information content (AvgIpc) is 3.17. The van der Waals surface area contributed by atoms with Crippen LogP contribution in [-0.2, 0) is 16.1 Å². The Kier molecular flexibility index (Phi) is 6.05. The first-order chi connectivity index (χ1) is 16.8. The number of imide groups is 2. The number of urea groups is 1. The minimum Gasteiger partial charge on any atom is -0.342 e. The summed E-state index contributed by atoms with van der Waals surface area (Å²) in [6.07, 6.45) is 3.42. The van der Waals surface area contributed by atoms with Crippen LogP contribution in [0, 0.1) is 6.92 Å². The average molecular weight is 549 g/mol. The van der Waals surface area contributed by atoms with E-state index in [2.05, 4.69) is 21.2 Å². The summed E-state index contributed by atoms with van der Waals surface area (Å²) in [6.45, 7) is 2.38. The molecule has 3 aromatic carbocycles. The number of hydrogen-bond donors (Lipinski definition) is 1. The van der Waals surface area contributed by atoms with Gasteiger partial charge in [0.15, 0.2) is 0 Å². The molecule has 0 radical (unpaired) electrons. The van der Waals surface area contributed by atoms with Gasteiger partial charge in [0, 0.05) is 38.7 Å². The largest absolute Gasteiger partial charge is 0.342 e. The van der Waals surface area contributed by atoms with E-state index in [1.54, 1.807) is 18.2 Å². The second-order valence-corrected chi connectivity index (χ2v) is 9.47. The van der Waals surface area contributed by atoms with Crippen LogP contribution in [0.25, 0.3) is 17.0 Å². The number of anilines is 1. The summed E-state index contributed by atoms with van der Waals surface area (Å²) in [5.74, 6) is -1.41. The number of carbonyl (C=O) groups excluding carboxylic acids is 3. The number of hydrogen-bond acceptors (Lipinski definition) is 3. The van der Waals surface area contributed by atoms with Gasteiger partial charge in [-0.15, -0.1) is 0 Å². The molecule has 1 N–H and O–H groups in total. The van der Waals surface area contributed by atoms with Gasteiger partial charge in [-0.25, -0.2) is 9.69 Å². The van der Waals surface area contributed by atoms with Gasteiger partial charge in [0.25, 0.3) is 11.8 Å². The number of para-hydroxylation sites is 1. The Morgan fingerprint density at radius 1 is 1.00 bits per heavy atom. The van der Waals surface area contributed by atoms with Crippen LogP contribution in [0.2, 0.25) is 5.02 Å². The smallest absolute Gasteiger partial charge is 0.335 e. The number of halogens is 2. The number of rotatable bonds is 4. The zero-order valence-corrected chi connectivity index (χ0v) is 20.9. The summed E-state index contributed by atoms with van der Waals surface area (Å²) in [5, 5.41) is 3.82. The normalized spacial score (nSPS) is 15.2. The van der Waals surface area contributed by atoms with Crippen LogP contribution in [-0.4, -0.2) is 22.4 Å². The van der Waals surface area contributed by atoms with Crippen LogP contribution >= 0.6 is 27.5 Å². The molecule has 0 atom stereocenters. The first-order valence-corrected chi connectivity index (χ1v) is 12.0. The summed E-state index contributed by atoms with van der Waals surface area (Å²) >= 11 is 9.79. The zero-order valence-electron chi connectivity index (χ0n) is 18.6. The topological polar surface area (TPSA) is 71.4 Å². The minimum atomic E-state index is -0.778. The van der Waals surface area contributed by atoms with Crippen molar-refractivity contribution in [3.63, 3.8) is 0 Å². The second kappa shape index (κ2) is 9.17. The molecule has 0 unspecified atom stereocenters. The fraction of sp³-hybridized carbons (Fsp3) is 0.0741. The van der Waals surface area contributed by atoms with Crippen molar-refractivity contribution in [2.24, 2.45) is 0 Å². The summed E-state index contributed by atoms with van der Waals surface area (Å²) < 4.78 is 2.87. The van der Waals surface area contributed by atoms with Gasteiger partial charge in [0.1, 0.15) is 5.57 Å². The van der Waals surface area contributed by atoms with Gasteiger partial charge in [-0.05, 0) is 54.5 Å². The van der Waals surface area contributed by atoms with Crippen molar-refractivity contribution < 1.29 is 14.4 Å². The van der Waals surface area contributed by atoms with Crippen LogP contribution in [0.4, 0.5) is 10.5 Å². The molecule has 1 aliphatic rings. The van der Waals surface area contributed by atoms with Gasteiger partial charge < -0.3 is 4.57 Å². The maximum atomic E-state index is 13.4. The Balaban J connectivity index is 1.58. The number of nitrogens with one attached hydrogen (secondary N) is 1. The van der Waals surface area contributed by atoms with E-state index in [4.69, 9.17) is 11.6 Å². The fourth-order valence-electron chi connectivity index (χ4n) is 4.15. The van der Waals surface area contributed by atoms with Gasteiger partial charge >= 0.3 is 6.03 Å². The molecule has 1 fully saturated rings. The maximum absolute atomic E-state index is 13.4. The SMILES string of the molecule is Cc1cc(N2C(=O)NC(=O)/C(=C\c3cn(Cc4ccccc4Cl)c4ccccc34)C2=O)ccc1Br. The van der Waals surface area contributed by atoms with Gasteiger partial charge in [0.05, 0.1) is 5.69 Å². The molecule has 174 valence electrons. The molecule has 1 aliphatic heterocycles. The number of fused-ring (bicyclic) bond motifs is 1. The highest BCUT2D eigenvalue weighted by Crippen LogP contribution is 2.29. The molecule has 4 amide bonds. The Bertz CT molecular complexity index is 1560. The number of amides is 4. The third-order valence-electron chi connectivity index (χ3n) is 5.92. The number of nitrogens with zero attached hydrogens (tertiary/aromatic N) is 2. The van der Waals surface area contributed by atoms with Crippen molar-refractivity contribution >= 4 is 68.0 Å². The van der Waals surface area contributed by atoms with E-state index in [1.807, 2.05) is 66.2 Å². The number of aromatic nitrogens is 1. The molecule has 1 saturated heterocycles. The Morgan fingerprint density at radius 3 is 2.51 bits per heavy atom. The van der Waals surface area contributed by atoms with Gasteiger partial charge in [-0.2, -0.15) is 0 Å². The lowest BCUT2D eigenvalue weighted by Gasteiger charge is -2.26. The highest BCUT2D eigenvalue weighted by Gasteiger charge is 2.37. The summed E-state index contributed by atoms with van der Waals surface area (Å²) in [5.41, 5.74) is 3.68. The number of benzene rings is 3. The van der Waals surface area contributed by atoms with Crippen LogP contribution in [0.1, 0.15) is 16.7 Å². The van der Waals surface area contributed by atoms with E-state index in [-0.39, 0.29) is 5.57 Å². The molecule has 5 rings (SSSR count). The first-order valence-electron chi connectivity index (χ1n) is 10.8. The lowest BCUT2D eigenvalue weighted by Crippen LogP contribution is -2.54. The van der Waals surface area contributed by atoms with Crippen LogP contribution in [0.5, 0.6) is 0 Å². The van der Waals surface area contributed by atoms with E-state index < -0.39 is 17.8 Å². The number of barbiturate groups is 1. The highest BCUT2D eigenvalue weighted by molar-refractivity contribution is 9.10. The Morgan fingerprint density at radius 2 is 1.74 bits per heavy atom. The molecule has 0 aliphatic carbocycles. The monoisotopic (exact) mass is 547 g/mol. The van der Waals surface area contributed by atoms with E-state index >= 15 is 0 Å². The quantitative estimate of drug-likeness (QED) is 0.248. The standard InChI is InChI=1S/C27H19BrClN3O3/c1-16-12-19(10-11-22(16)28)32-26(34)21(25(33)30-27(32)35)13-18-15-31(24-9-5-3-7-20(18)24)14-17-6-2-4-8-23(17)29/h2-13,15H,14H2,1H3,(H,30,33,35)/b21-13+. The third-order valence-corrected chi connectivity index (χ3v) is 7.18. The van der Waals surface area contributed by atoms with E-state index in [0.29, 0.717) is 22.8 Å². The lowest BCUT2D eigenvalue weighted by atomic mass is 10.1. The van der Waals surface area contributed by atoms with E-state index in [1.165, 1.54) is 6.08 Å². The van der Waals surface area contributed by atoms with Crippen molar-refractivity contribution in [3.05, 3.63) is 105 Å². The van der Waals surface area contributed by atoms with Crippen LogP contribution in [0.3, 0.4) is 0 Å². The Hall–Kier alpha value is -3.68. The summed E-state index contributed by atoms with van der Waals surface area (Å²) in [7, 11) is 0. The molecule has 0 saturated carbocycles. The number of aryl methyl sites for hydroxylation is 1. The van der Waals surface area contributed by atoms with Crippen LogP contribution in [0.15, 0.2) is 83.0 Å². The molecule has 6 nitrogen and oxygen atoms in total. The second-order valence-electron chi connectivity index (χ2n) is 8.21. The van der Waals surface area contributed by atoms with Crippen molar-refractivity contribution in [3.8, 4) is 0 Å². The molecule has 2 heterocycles. The predicted octanol–water partition coefficient (Wildman–Crippen LogP) is 6.08. The molecule has 35 heavy (non-hydrogen) atoms. The van der Waals surface area contributed by atoms with E-state index in [9.17, 15) is 14.4 Å². The van der Waals surface area contributed by atoms with Gasteiger partial charge in [-0.1, -0.05) is 63.9 Å².